The minimum Gasteiger partial charge on any atom is -0.355 e. The number of hydrogen-bond donors (Lipinski definition) is 2. The van der Waals surface area contributed by atoms with Gasteiger partial charge in [-0.1, -0.05) is 23.4 Å². The van der Waals surface area contributed by atoms with Crippen LogP contribution in [0.2, 0.25) is 0 Å². The van der Waals surface area contributed by atoms with Crippen molar-refractivity contribution in [3.05, 3.63) is 41.5 Å². The van der Waals surface area contributed by atoms with Crippen molar-refractivity contribution < 1.29 is 9.18 Å². The van der Waals surface area contributed by atoms with Crippen LogP contribution >= 0.6 is 0 Å². The number of aromatic amines is 1. The van der Waals surface area contributed by atoms with Gasteiger partial charge in [0, 0.05) is 13.0 Å². The largest absolute Gasteiger partial charge is 0.355 e. The van der Waals surface area contributed by atoms with Crippen LogP contribution in [0.15, 0.2) is 24.3 Å². The van der Waals surface area contributed by atoms with Crippen LogP contribution in [0, 0.1) is 5.82 Å². The summed E-state index contributed by atoms with van der Waals surface area (Å²) in [6.07, 6.45) is 0.512. The minimum atomic E-state index is -0.370. The molecular formula is C11H12FN5O. The molecule has 0 unspecified atom stereocenters. The third-order valence-corrected chi connectivity index (χ3v) is 2.37. The molecule has 1 aromatic heterocycles. The zero-order valence-electron chi connectivity index (χ0n) is 9.56. The van der Waals surface area contributed by atoms with Crippen LogP contribution in [0.5, 0.6) is 0 Å². The Morgan fingerprint density at radius 1 is 1.39 bits per heavy atom. The van der Waals surface area contributed by atoms with Crippen LogP contribution < -0.4 is 5.32 Å². The highest BCUT2D eigenvalue weighted by Gasteiger charge is 2.07. The third kappa shape index (κ3) is 3.34. The van der Waals surface area contributed by atoms with Crippen molar-refractivity contribution in [3.8, 4) is 0 Å². The molecule has 0 saturated heterocycles. The molecule has 1 amide bonds. The normalized spacial score (nSPS) is 10.3. The molecule has 94 valence electrons. The number of amides is 1. The predicted octanol–water partition coefficient (Wildman–Crippen LogP) is 0.240. The first-order valence-electron chi connectivity index (χ1n) is 5.48. The second kappa shape index (κ2) is 5.85. The molecule has 0 bridgehead atoms. The molecule has 0 aliphatic heterocycles. The van der Waals surface area contributed by atoms with E-state index in [1.54, 1.807) is 18.2 Å². The zero-order valence-corrected chi connectivity index (χ0v) is 9.56. The number of carbonyl (C=O) groups excluding carboxylic acids is 1. The van der Waals surface area contributed by atoms with Crippen molar-refractivity contribution in [2.24, 2.45) is 0 Å². The monoisotopic (exact) mass is 249 g/mol. The summed E-state index contributed by atoms with van der Waals surface area (Å²) in [7, 11) is 0. The van der Waals surface area contributed by atoms with E-state index in [4.69, 9.17) is 0 Å². The van der Waals surface area contributed by atoms with Gasteiger partial charge in [-0.3, -0.25) is 4.79 Å². The van der Waals surface area contributed by atoms with Crippen molar-refractivity contribution in [1.82, 2.24) is 25.9 Å². The first kappa shape index (κ1) is 12.2. The van der Waals surface area contributed by atoms with E-state index in [2.05, 4.69) is 25.9 Å². The fourth-order valence-corrected chi connectivity index (χ4v) is 1.48. The SMILES string of the molecule is O=C(Cc1ccccc1F)NCCc1nn[nH]n1. The number of rotatable bonds is 5. The molecular weight excluding hydrogens is 237 g/mol. The maximum Gasteiger partial charge on any atom is 0.224 e. The predicted molar refractivity (Wildman–Crippen MR) is 61.0 cm³/mol. The van der Waals surface area contributed by atoms with Gasteiger partial charge in [0.15, 0.2) is 5.82 Å². The number of nitrogens with one attached hydrogen (secondary N) is 2. The van der Waals surface area contributed by atoms with Crippen LogP contribution in [-0.2, 0) is 17.6 Å². The van der Waals surface area contributed by atoms with Crippen molar-refractivity contribution in [3.63, 3.8) is 0 Å². The molecule has 0 spiro atoms. The lowest BCUT2D eigenvalue weighted by Crippen LogP contribution is -2.27. The number of benzene rings is 1. The van der Waals surface area contributed by atoms with E-state index in [1.165, 1.54) is 6.07 Å². The Labute approximate surface area is 103 Å². The van der Waals surface area contributed by atoms with Crippen LogP contribution in [0.4, 0.5) is 4.39 Å². The van der Waals surface area contributed by atoms with Gasteiger partial charge in [0.05, 0.1) is 6.42 Å². The second-order valence-electron chi connectivity index (χ2n) is 3.70. The molecule has 0 atom stereocenters. The first-order chi connectivity index (χ1) is 8.75. The number of halogens is 1. The van der Waals surface area contributed by atoms with E-state index in [0.29, 0.717) is 24.4 Å². The molecule has 1 aromatic carbocycles. The summed E-state index contributed by atoms with van der Waals surface area (Å²) in [6, 6.07) is 6.22. The summed E-state index contributed by atoms with van der Waals surface area (Å²) in [5.74, 6) is -0.0735. The molecule has 18 heavy (non-hydrogen) atoms. The van der Waals surface area contributed by atoms with Gasteiger partial charge in [0.1, 0.15) is 5.82 Å². The summed E-state index contributed by atoms with van der Waals surface area (Å²) in [6.45, 7) is 0.396. The highest BCUT2D eigenvalue weighted by molar-refractivity contribution is 5.78. The van der Waals surface area contributed by atoms with Gasteiger partial charge < -0.3 is 5.32 Å². The Balaban J connectivity index is 1.77. The van der Waals surface area contributed by atoms with Gasteiger partial charge in [-0.25, -0.2) is 4.39 Å². The van der Waals surface area contributed by atoms with E-state index < -0.39 is 0 Å². The Kier molecular flexibility index (Phi) is 3.95. The lowest BCUT2D eigenvalue weighted by molar-refractivity contribution is -0.120. The highest BCUT2D eigenvalue weighted by atomic mass is 19.1. The fraction of sp³-hybridized carbons (Fsp3) is 0.273. The van der Waals surface area contributed by atoms with Crippen molar-refractivity contribution in [2.75, 3.05) is 6.54 Å². The Morgan fingerprint density at radius 3 is 2.94 bits per heavy atom. The second-order valence-corrected chi connectivity index (χ2v) is 3.70. The number of H-pyrrole nitrogens is 1. The molecule has 2 aromatic rings. The number of tetrazole rings is 1. The quantitative estimate of drug-likeness (QED) is 0.795. The Hall–Kier alpha value is -2.31. The molecule has 0 aliphatic carbocycles. The molecule has 7 heteroatoms. The number of hydrogen-bond acceptors (Lipinski definition) is 4. The number of carbonyl (C=O) groups is 1. The lowest BCUT2D eigenvalue weighted by atomic mass is 10.1. The Bertz CT molecular complexity index is 514. The minimum absolute atomic E-state index is 0.0267. The van der Waals surface area contributed by atoms with Gasteiger partial charge in [-0.2, -0.15) is 5.21 Å². The van der Waals surface area contributed by atoms with Gasteiger partial charge >= 0.3 is 0 Å². The Morgan fingerprint density at radius 2 is 2.22 bits per heavy atom. The third-order valence-electron chi connectivity index (χ3n) is 2.37. The molecule has 0 aliphatic rings. The van der Waals surface area contributed by atoms with Gasteiger partial charge in [-0.05, 0) is 11.6 Å². The van der Waals surface area contributed by atoms with Crippen molar-refractivity contribution in [2.45, 2.75) is 12.8 Å². The summed E-state index contributed by atoms with van der Waals surface area (Å²) in [5.41, 5.74) is 0.384. The summed E-state index contributed by atoms with van der Waals surface area (Å²) < 4.78 is 13.3. The fourth-order valence-electron chi connectivity index (χ4n) is 1.48. The van der Waals surface area contributed by atoms with Gasteiger partial charge in [0.2, 0.25) is 5.91 Å². The topological polar surface area (TPSA) is 83.6 Å². The number of nitrogens with zero attached hydrogens (tertiary/aromatic N) is 3. The smallest absolute Gasteiger partial charge is 0.224 e. The van der Waals surface area contributed by atoms with E-state index in [9.17, 15) is 9.18 Å². The van der Waals surface area contributed by atoms with Crippen molar-refractivity contribution >= 4 is 5.91 Å². The molecule has 2 rings (SSSR count). The van der Waals surface area contributed by atoms with E-state index in [1.807, 2.05) is 0 Å². The summed E-state index contributed by atoms with van der Waals surface area (Å²) in [4.78, 5) is 11.6. The average molecular weight is 249 g/mol. The molecule has 2 N–H and O–H groups in total. The first-order valence-corrected chi connectivity index (χ1v) is 5.48. The maximum absolute atomic E-state index is 13.3. The standard InChI is InChI=1S/C11H12FN5O/c12-9-4-2-1-3-8(9)7-11(18)13-6-5-10-14-16-17-15-10/h1-4H,5-7H2,(H,13,18)(H,14,15,16,17). The molecule has 0 fully saturated rings. The molecule has 6 nitrogen and oxygen atoms in total. The van der Waals surface area contributed by atoms with Crippen LogP contribution in [0.25, 0.3) is 0 Å². The summed E-state index contributed by atoms with van der Waals surface area (Å²) >= 11 is 0. The average Bonchev–Trinajstić information content (AvgIpc) is 2.85. The summed E-state index contributed by atoms with van der Waals surface area (Å²) in [5, 5.41) is 15.9. The maximum atomic E-state index is 13.3. The van der Waals surface area contributed by atoms with Crippen LogP contribution in [0.1, 0.15) is 11.4 Å². The lowest BCUT2D eigenvalue weighted by Gasteiger charge is -2.04. The van der Waals surface area contributed by atoms with Gasteiger partial charge in [0.25, 0.3) is 0 Å². The van der Waals surface area contributed by atoms with Gasteiger partial charge in [-0.15, -0.1) is 10.2 Å². The number of aromatic nitrogens is 4. The van der Waals surface area contributed by atoms with E-state index >= 15 is 0 Å². The van der Waals surface area contributed by atoms with Crippen molar-refractivity contribution in [1.29, 1.82) is 0 Å². The molecule has 1 heterocycles. The van der Waals surface area contributed by atoms with Crippen LogP contribution in [0.3, 0.4) is 0 Å². The van der Waals surface area contributed by atoms with Crippen LogP contribution in [-0.4, -0.2) is 33.1 Å². The molecule has 0 saturated carbocycles. The van der Waals surface area contributed by atoms with E-state index in [-0.39, 0.29) is 18.1 Å². The highest BCUT2D eigenvalue weighted by Crippen LogP contribution is 2.06. The zero-order chi connectivity index (χ0) is 12.8. The molecule has 0 radical (unpaired) electrons. The van der Waals surface area contributed by atoms with E-state index in [0.717, 1.165) is 0 Å².